The van der Waals surface area contributed by atoms with Crippen molar-refractivity contribution in [1.82, 2.24) is 9.96 Å². The Labute approximate surface area is 179 Å². The van der Waals surface area contributed by atoms with Gasteiger partial charge in [-0.15, -0.1) is 0 Å². The second-order valence-corrected chi connectivity index (χ2v) is 8.27. The van der Waals surface area contributed by atoms with Crippen molar-refractivity contribution in [3.8, 4) is 0 Å². The van der Waals surface area contributed by atoms with E-state index in [9.17, 15) is 9.59 Å². The molecule has 1 aromatic rings. The fourth-order valence-electron chi connectivity index (χ4n) is 4.15. The average molecular weight is 467 g/mol. The number of aryl methyl sites for hydroxylation is 2. The molecule has 1 amide bonds. The van der Waals surface area contributed by atoms with Gasteiger partial charge in [-0.3, -0.25) is 4.79 Å². The quantitative estimate of drug-likeness (QED) is 0.628. The number of amides is 1. The number of nitrogens with zero attached hydrogens (tertiary/aromatic N) is 2. The van der Waals surface area contributed by atoms with Gasteiger partial charge in [0.2, 0.25) is 0 Å². The maximum atomic E-state index is 13.4. The van der Waals surface area contributed by atoms with Crippen molar-refractivity contribution >= 4 is 33.6 Å². The molecule has 1 spiro atoms. The molecule has 158 valence electrons. The highest BCUT2D eigenvalue weighted by atomic mass is 79.9. The standard InChI is InChI=1S/C21H27BrN2O5/c1-6-28-20(26)29-18-17(15-12-16(22)14(3)11-13(15)2)19(25)23(4)21(18)7-9-24(27-5)10-8-21/h11-12H,6-10H2,1-5H3. The van der Waals surface area contributed by atoms with Crippen molar-refractivity contribution in [3.05, 3.63) is 39.1 Å². The third kappa shape index (κ3) is 3.81. The summed E-state index contributed by atoms with van der Waals surface area (Å²) in [5.41, 5.74) is 2.48. The molecular weight excluding hydrogens is 440 g/mol. The van der Waals surface area contributed by atoms with Gasteiger partial charge in [0.1, 0.15) is 5.54 Å². The van der Waals surface area contributed by atoms with Crippen molar-refractivity contribution in [3.63, 3.8) is 0 Å². The maximum Gasteiger partial charge on any atom is 0.513 e. The SMILES string of the molecule is CCOC(=O)OC1=C(c2cc(Br)c(C)cc2C)C(=O)N(C)C12CCN(OC)CC2. The normalized spacial score (nSPS) is 19.2. The summed E-state index contributed by atoms with van der Waals surface area (Å²) in [7, 11) is 3.40. The smallest absolute Gasteiger partial charge is 0.434 e. The molecule has 1 fully saturated rings. The van der Waals surface area contributed by atoms with E-state index < -0.39 is 11.7 Å². The van der Waals surface area contributed by atoms with E-state index in [-0.39, 0.29) is 12.5 Å². The van der Waals surface area contributed by atoms with Gasteiger partial charge in [0.25, 0.3) is 5.91 Å². The lowest BCUT2D eigenvalue weighted by Gasteiger charge is -2.43. The number of ether oxygens (including phenoxy) is 2. The van der Waals surface area contributed by atoms with Crippen LogP contribution >= 0.6 is 15.9 Å². The van der Waals surface area contributed by atoms with Gasteiger partial charge in [-0.05, 0) is 56.4 Å². The van der Waals surface area contributed by atoms with E-state index >= 15 is 0 Å². The molecule has 0 atom stereocenters. The van der Waals surface area contributed by atoms with Crippen LogP contribution in [0.15, 0.2) is 22.4 Å². The zero-order chi connectivity index (χ0) is 21.3. The summed E-state index contributed by atoms with van der Waals surface area (Å²) in [5, 5.41) is 1.84. The predicted molar refractivity (Wildman–Crippen MR) is 112 cm³/mol. The average Bonchev–Trinajstić information content (AvgIpc) is 2.88. The van der Waals surface area contributed by atoms with Crippen molar-refractivity contribution < 1.29 is 23.9 Å². The molecule has 0 N–H and O–H groups in total. The minimum absolute atomic E-state index is 0.158. The second kappa shape index (κ2) is 8.45. The monoisotopic (exact) mass is 466 g/mol. The lowest BCUT2D eigenvalue weighted by molar-refractivity contribution is -0.162. The highest BCUT2D eigenvalue weighted by Gasteiger charge is 2.54. The molecule has 2 aliphatic heterocycles. The Morgan fingerprint density at radius 3 is 2.45 bits per heavy atom. The Bertz CT molecular complexity index is 859. The number of hydroxylamine groups is 2. The van der Waals surface area contributed by atoms with Crippen LogP contribution in [-0.4, -0.2) is 61.4 Å². The summed E-state index contributed by atoms with van der Waals surface area (Å²) < 4.78 is 11.7. The van der Waals surface area contributed by atoms with Crippen LogP contribution in [0, 0.1) is 13.8 Å². The summed E-state index contributed by atoms with van der Waals surface area (Å²) in [5.74, 6) is 0.215. The van der Waals surface area contributed by atoms with Gasteiger partial charge in [0.05, 0.1) is 19.3 Å². The number of halogens is 1. The van der Waals surface area contributed by atoms with Gasteiger partial charge in [-0.1, -0.05) is 22.0 Å². The molecular formula is C21H27BrN2O5. The molecule has 0 unspecified atom stereocenters. The van der Waals surface area contributed by atoms with Crippen molar-refractivity contribution in [2.75, 3.05) is 33.9 Å². The van der Waals surface area contributed by atoms with Crippen LogP contribution < -0.4 is 0 Å². The van der Waals surface area contributed by atoms with E-state index in [0.29, 0.717) is 37.3 Å². The predicted octanol–water partition coefficient (Wildman–Crippen LogP) is 3.82. The largest absolute Gasteiger partial charge is 0.513 e. The zero-order valence-electron chi connectivity index (χ0n) is 17.5. The van der Waals surface area contributed by atoms with Gasteiger partial charge in [-0.2, -0.15) is 5.06 Å². The molecule has 2 aliphatic rings. The van der Waals surface area contributed by atoms with E-state index in [2.05, 4.69) is 15.9 Å². The van der Waals surface area contributed by atoms with Crippen LogP contribution in [0.25, 0.3) is 5.57 Å². The van der Waals surface area contributed by atoms with Gasteiger partial charge in [0.15, 0.2) is 5.76 Å². The van der Waals surface area contributed by atoms with Crippen molar-refractivity contribution in [2.45, 2.75) is 39.2 Å². The zero-order valence-corrected chi connectivity index (χ0v) is 19.1. The van der Waals surface area contributed by atoms with Gasteiger partial charge in [-0.25, -0.2) is 4.79 Å². The fourth-order valence-corrected chi connectivity index (χ4v) is 4.50. The molecule has 0 radical (unpaired) electrons. The fraction of sp³-hybridized carbons (Fsp3) is 0.524. The molecule has 29 heavy (non-hydrogen) atoms. The summed E-state index contributed by atoms with van der Waals surface area (Å²) >= 11 is 3.56. The minimum Gasteiger partial charge on any atom is -0.434 e. The topological polar surface area (TPSA) is 68.3 Å². The Balaban J connectivity index is 2.16. The number of carbonyl (C=O) groups excluding carboxylic acids is 2. The molecule has 0 aromatic heterocycles. The number of hydrogen-bond donors (Lipinski definition) is 0. The lowest BCUT2D eigenvalue weighted by atomic mass is 9.85. The first kappa shape index (κ1) is 21.8. The molecule has 2 heterocycles. The van der Waals surface area contributed by atoms with Gasteiger partial charge < -0.3 is 19.2 Å². The molecule has 3 rings (SSSR count). The Hall–Kier alpha value is -1.90. The van der Waals surface area contributed by atoms with E-state index in [4.69, 9.17) is 14.3 Å². The number of rotatable bonds is 4. The van der Waals surface area contributed by atoms with Crippen molar-refractivity contribution in [2.24, 2.45) is 0 Å². The van der Waals surface area contributed by atoms with Crippen LogP contribution in [0.2, 0.25) is 0 Å². The van der Waals surface area contributed by atoms with Gasteiger partial charge >= 0.3 is 6.16 Å². The maximum absolute atomic E-state index is 13.4. The number of carbonyl (C=O) groups is 2. The first-order valence-electron chi connectivity index (χ1n) is 9.68. The molecule has 8 heteroatoms. The first-order valence-corrected chi connectivity index (χ1v) is 10.5. The van der Waals surface area contributed by atoms with E-state index in [1.165, 1.54) is 0 Å². The molecule has 0 bridgehead atoms. The van der Waals surface area contributed by atoms with Crippen LogP contribution in [0.3, 0.4) is 0 Å². The molecule has 0 saturated carbocycles. The van der Waals surface area contributed by atoms with Crippen LogP contribution in [0.1, 0.15) is 36.5 Å². The Kier molecular flexibility index (Phi) is 6.36. The molecule has 0 aliphatic carbocycles. The van der Waals surface area contributed by atoms with Crippen molar-refractivity contribution in [1.29, 1.82) is 0 Å². The Morgan fingerprint density at radius 1 is 1.21 bits per heavy atom. The number of likely N-dealkylation sites (N-methyl/N-ethyl adjacent to an activating group) is 1. The lowest BCUT2D eigenvalue weighted by Crippen LogP contribution is -2.53. The number of benzene rings is 1. The van der Waals surface area contributed by atoms with Gasteiger partial charge in [0, 0.05) is 24.6 Å². The van der Waals surface area contributed by atoms with Crippen LogP contribution in [0.4, 0.5) is 4.79 Å². The van der Waals surface area contributed by atoms with E-state index in [1.54, 1.807) is 26.0 Å². The van der Waals surface area contributed by atoms with E-state index in [0.717, 1.165) is 21.2 Å². The molecule has 1 saturated heterocycles. The highest BCUT2D eigenvalue weighted by molar-refractivity contribution is 9.10. The summed E-state index contributed by atoms with van der Waals surface area (Å²) in [4.78, 5) is 32.7. The van der Waals surface area contributed by atoms with Crippen LogP contribution in [0.5, 0.6) is 0 Å². The minimum atomic E-state index is -0.791. The summed E-state index contributed by atoms with van der Waals surface area (Å²) in [6, 6.07) is 3.93. The third-order valence-corrected chi connectivity index (χ3v) is 6.69. The Morgan fingerprint density at radius 2 is 1.86 bits per heavy atom. The second-order valence-electron chi connectivity index (χ2n) is 7.41. The molecule has 1 aromatic carbocycles. The third-order valence-electron chi connectivity index (χ3n) is 5.84. The molecule has 7 nitrogen and oxygen atoms in total. The summed E-state index contributed by atoms with van der Waals surface area (Å²) in [6.07, 6.45) is 0.390. The highest BCUT2D eigenvalue weighted by Crippen LogP contribution is 2.47. The van der Waals surface area contributed by atoms with E-state index in [1.807, 2.05) is 31.0 Å². The number of hydrogen-bond acceptors (Lipinski definition) is 6. The number of piperidine rings is 1. The summed E-state index contributed by atoms with van der Waals surface area (Å²) in [6.45, 7) is 7.11. The first-order chi connectivity index (χ1) is 13.7. The van der Waals surface area contributed by atoms with Crippen LogP contribution in [-0.2, 0) is 19.1 Å².